The van der Waals surface area contributed by atoms with Gasteiger partial charge in [0, 0.05) is 24.3 Å². The van der Waals surface area contributed by atoms with E-state index in [4.69, 9.17) is 0 Å². The van der Waals surface area contributed by atoms with E-state index in [1.54, 1.807) is 6.33 Å². The van der Waals surface area contributed by atoms with E-state index in [1.807, 2.05) is 0 Å². The average Bonchev–Trinajstić information content (AvgIpc) is 2.33. The van der Waals surface area contributed by atoms with E-state index in [2.05, 4.69) is 54.1 Å². The molecule has 1 aromatic rings. The van der Waals surface area contributed by atoms with Gasteiger partial charge in [0.1, 0.15) is 12.1 Å². The van der Waals surface area contributed by atoms with E-state index in [0.29, 0.717) is 17.9 Å². The lowest BCUT2D eigenvalue weighted by Crippen LogP contribution is -2.43. The van der Waals surface area contributed by atoms with Crippen molar-refractivity contribution < 1.29 is 0 Å². The number of aromatic nitrogens is 2. The fraction of sp³-hybridized carbons (Fsp3) is 0.714. The fourth-order valence-electron chi connectivity index (χ4n) is 2.53. The van der Waals surface area contributed by atoms with E-state index in [1.165, 1.54) is 6.42 Å². The van der Waals surface area contributed by atoms with Gasteiger partial charge in [0.15, 0.2) is 0 Å². The summed E-state index contributed by atoms with van der Waals surface area (Å²) in [6.45, 7) is 8.93. The molecule has 0 spiro atoms. The zero-order valence-corrected chi connectivity index (χ0v) is 11.8. The van der Waals surface area contributed by atoms with Gasteiger partial charge in [-0.2, -0.15) is 0 Å². The van der Waals surface area contributed by atoms with Gasteiger partial charge in [-0.05, 0) is 31.8 Å². The summed E-state index contributed by atoms with van der Waals surface area (Å²) in [6, 6.07) is 2.60. The molecule has 2 rings (SSSR count). The molecule has 2 atom stereocenters. The summed E-state index contributed by atoms with van der Waals surface area (Å²) in [5.74, 6) is 2.07. The third kappa shape index (κ3) is 3.19. The molecule has 1 saturated heterocycles. The standard InChI is InChI=1S/C14H24N4/c1-10(2)13-7-14(16-9-15-13)17-12-5-6-18(4)8-11(12)3/h7,9-12H,5-6,8H2,1-4H3,(H,15,16,17). The number of nitrogens with one attached hydrogen (secondary N) is 1. The van der Waals surface area contributed by atoms with Crippen molar-refractivity contribution in [1.29, 1.82) is 0 Å². The molecule has 1 aliphatic rings. The van der Waals surface area contributed by atoms with Crippen molar-refractivity contribution in [1.82, 2.24) is 14.9 Å². The van der Waals surface area contributed by atoms with Crippen LogP contribution in [0.15, 0.2) is 12.4 Å². The van der Waals surface area contributed by atoms with Gasteiger partial charge >= 0.3 is 0 Å². The van der Waals surface area contributed by atoms with E-state index < -0.39 is 0 Å². The summed E-state index contributed by atoms with van der Waals surface area (Å²) in [4.78, 5) is 11.0. The highest BCUT2D eigenvalue weighted by molar-refractivity contribution is 5.37. The van der Waals surface area contributed by atoms with Crippen LogP contribution in [0.4, 0.5) is 5.82 Å². The number of likely N-dealkylation sites (tertiary alicyclic amines) is 1. The first kappa shape index (κ1) is 13.3. The molecular formula is C14H24N4. The maximum atomic E-state index is 4.33. The maximum absolute atomic E-state index is 4.33. The number of anilines is 1. The van der Waals surface area contributed by atoms with Crippen LogP contribution in [0, 0.1) is 5.92 Å². The quantitative estimate of drug-likeness (QED) is 0.891. The molecule has 100 valence electrons. The van der Waals surface area contributed by atoms with Crippen LogP contribution < -0.4 is 5.32 Å². The highest BCUT2D eigenvalue weighted by Gasteiger charge is 2.24. The summed E-state index contributed by atoms with van der Waals surface area (Å²) >= 11 is 0. The lowest BCUT2D eigenvalue weighted by Gasteiger charge is -2.35. The minimum atomic E-state index is 0.448. The van der Waals surface area contributed by atoms with Crippen LogP contribution in [0.1, 0.15) is 38.8 Å². The highest BCUT2D eigenvalue weighted by atomic mass is 15.1. The predicted octanol–water partition coefficient (Wildman–Crippen LogP) is 2.35. The zero-order chi connectivity index (χ0) is 13.1. The monoisotopic (exact) mass is 248 g/mol. The Morgan fingerprint density at radius 1 is 1.39 bits per heavy atom. The molecule has 1 N–H and O–H groups in total. The van der Waals surface area contributed by atoms with Crippen molar-refractivity contribution >= 4 is 5.82 Å². The van der Waals surface area contributed by atoms with E-state index >= 15 is 0 Å². The van der Waals surface area contributed by atoms with Crippen molar-refractivity contribution in [2.24, 2.45) is 5.92 Å². The van der Waals surface area contributed by atoms with Crippen LogP contribution in [0.25, 0.3) is 0 Å². The zero-order valence-electron chi connectivity index (χ0n) is 11.8. The first-order valence-corrected chi connectivity index (χ1v) is 6.83. The molecule has 0 aliphatic carbocycles. The van der Waals surface area contributed by atoms with Crippen LogP contribution in [0.5, 0.6) is 0 Å². The smallest absolute Gasteiger partial charge is 0.129 e. The predicted molar refractivity (Wildman–Crippen MR) is 74.8 cm³/mol. The molecule has 0 radical (unpaired) electrons. The first-order chi connectivity index (χ1) is 8.56. The number of hydrogen-bond acceptors (Lipinski definition) is 4. The Morgan fingerprint density at radius 3 is 2.83 bits per heavy atom. The molecule has 1 aromatic heterocycles. The van der Waals surface area contributed by atoms with Crippen molar-refractivity contribution in [2.75, 3.05) is 25.5 Å². The van der Waals surface area contributed by atoms with Crippen LogP contribution in [0.2, 0.25) is 0 Å². The third-order valence-corrected chi connectivity index (χ3v) is 3.72. The summed E-state index contributed by atoms with van der Waals surface area (Å²) in [7, 11) is 2.19. The molecule has 18 heavy (non-hydrogen) atoms. The molecule has 1 aliphatic heterocycles. The topological polar surface area (TPSA) is 41.0 Å². The Kier molecular flexibility index (Phi) is 4.17. The summed E-state index contributed by atoms with van der Waals surface area (Å²) < 4.78 is 0. The van der Waals surface area contributed by atoms with Gasteiger partial charge in [-0.3, -0.25) is 0 Å². The number of piperidine rings is 1. The lowest BCUT2D eigenvalue weighted by atomic mass is 9.94. The molecule has 4 heteroatoms. The molecule has 4 nitrogen and oxygen atoms in total. The summed E-state index contributed by atoms with van der Waals surface area (Å²) in [5, 5.41) is 3.57. The van der Waals surface area contributed by atoms with Crippen LogP contribution in [0.3, 0.4) is 0 Å². The molecule has 0 aromatic carbocycles. The Hall–Kier alpha value is -1.16. The minimum absolute atomic E-state index is 0.448. The Bertz CT molecular complexity index is 391. The van der Waals surface area contributed by atoms with E-state index in [-0.39, 0.29) is 0 Å². The van der Waals surface area contributed by atoms with Gasteiger partial charge < -0.3 is 10.2 Å². The molecule has 0 bridgehead atoms. The summed E-state index contributed by atoms with van der Waals surface area (Å²) in [5.41, 5.74) is 1.10. The lowest BCUT2D eigenvalue weighted by molar-refractivity contribution is 0.206. The van der Waals surface area contributed by atoms with Crippen molar-refractivity contribution in [3.8, 4) is 0 Å². The van der Waals surface area contributed by atoms with Crippen molar-refractivity contribution in [3.63, 3.8) is 0 Å². The van der Waals surface area contributed by atoms with Gasteiger partial charge in [0.25, 0.3) is 0 Å². The van der Waals surface area contributed by atoms with Crippen LogP contribution in [-0.2, 0) is 0 Å². The first-order valence-electron chi connectivity index (χ1n) is 6.83. The second kappa shape index (κ2) is 5.65. The van der Waals surface area contributed by atoms with Crippen molar-refractivity contribution in [3.05, 3.63) is 18.1 Å². The molecule has 0 saturated carbocycles. The molecule has 2 heterocycles. The fourth-order valence-corrected chi connectivity index (χ4v) is 2.53. The minimum Gasteiger partial charge on any atom is -0.367 e. The molecule has 1 fully saturated rings. The number of nitrogens with zero attached hydrogens (tertiary/aromatic N) is 3. The van der Waals surface area contributed by atoms with E-state index in [0.717, 1.165) is 24.6 Å². The van der Waals surface area contributed by atoms with E-state index in [9.17, 15) is 0 Å². The molecule has 0 amide bonds. The van der Waals surface area contributed by atoms with Gasteiger partial charge in [-0.15, -0.1) is 0 Å². The third-order valence-electron chi connectivity index (χ3n) is 3.72. The van der Waals surface area contributed by atoms with Gasteiger partial charge in [0.2, 0.25) is 0 Å². The molecule has 2 unspecified atom stereocenters. The average molecular weight is 248 g/mol. The van der Waals surface area contributed by atoms with Gasteiger partial charge in [-0.25, -0.2) is 9.97 Å². The normalized spacial score (nSPS) is 25.4. The highest BCUT2D eigenvalue weighted by Crippen LogP contribution is 2.20. The number of rotatable bonds is 3. The number of hydrogen-bond donors (Lipinski definition) is 1. The SMILES string of the molecule is CC(C)c1cc(NC2CCN(C)CC2C)ncn1. The van der Waals surface area contributed by atoms with Crippen LogP contribution >= 0.6 is 0 Å². The summed E-state index contributed by atoms with van der Waals surface area (Å²) in [6.07, 6.45) is 2.84. The van der Waals surface area contributed by atoms with Crippen molar-refractivity contribution in [2.45, 2.75) is 39.2 Å². The van der Waals surface area contributed by atoms with Gasteiger partial charge in [0.05, 0.1) is 0 Å². The molecular weight excluding hydrogens is 224 g/mol. The Morgan fingerprint density at radius 2 is 2.17 bits per heavy atom. The van der Waals surface area contributed by atoms with Gasteiger partial charge in [-0.1, -0.05) is 20.8 Å². The largest absolute Gasteiger partial charge is 0.367 e. The Balaban J connectivity index is 2.02. The second-order valence-corrected chi connectivity index (χ2v) is 5.76. The van der Waals surface area contributed by atoms with Crippen LogP contribution in [-0.4, -0.2) is 41.0 Å². The second-order valence-electron chi connectivity index (χ2n) is 5.76. The Labute approximate surface area is 110 Å². The maximum Gasteiger partial charge on any atom is 0.129 e.